The van der Waals surface area contributed by atoms with E-state index in [1.807, 2.05) is 19.1 Å². The lowest BCUT2D eigenvalue weighted by Crippen LogP contribution is -2.30. The molecule has 3 heteroatoms. The van der Waals surface area contributed by atoms with E-state index in [1.165, 1.54) is 11.1 Å². The van der Waals surface area contributed by atoms with Crippen LogP contribution < -0.4 is 10.5 Å². The van der Waals surface area contributed by atoms with Crippen LogP contribution in [-0.4, -0.2) is 25.9 Å². The van der Waals surface area contributed by atoms with Crippen LogP contribution in [0.25, 0.3) is 0 Å². The van der Waals surface area contributed by atoms with Gasteiger partial charge in [-0.15, -0.1) is 0 Å². The maximum Gasteiger partial charge on any atom is 0.119 e. The molecule has 0 saturated carbocycles. The van der Waals surface area contributed by atoms with Crippen molar-refractivity contribution in [3.8, 4) is 5.75 Å². The third-order valence-electron chi connectivity index (χ3n) is 2.58. The number of benzene rings is 1. The predicted octanol–water partition coefficient (Wildman–Crippen LogP) is 2.05. The van der Waals surface area contributed by atoms with Gasteiger partial charge in [0.15, 0.2) is 0 Å². The molecule has 0 aliphatic rings. The molecule has 0 saturated heterocycles. The first-order chi connectivity index (χ1) is 7.67. The standard InChI is InChI=1S/C13H21NO2/c1-4-15-13(8-14)9-16-12-6-5-10(2)11(3)7-12/h5-7,13H,4,8-9,14H2,1-3H3. The van der Waals surface area contributed by atoms with Crippen LogP contribution in [0.3, 0.4) is 0 Å². The average Bonchev–Trinajstić information content (AvgIpc) is 2.28. The van der Waals surface area contributed by atoms with Crippen LogP contribution in [0.4, 0.5) is 0 Å². The minimum absolute atomic E-state index is 0.0217. The Morgan fingerprint density at radius 2 is 2.00 bits per heavy atom. The highest BCUT2D eigenvalue weighted by Gasteiger charge is 2.07. The van der Waals surface area contributed by atoms with Gasteiger partial charge in [0.2, 0.25) is 0 Å². The predicted molar refractivity (Wildman–Crippen MR) is 65.9 cm³/mol. The molecule has 1 aromatic carbocycles. The summed E-state index contributed by atoms with van der Waals surface area (Å²) in [6.45, 7) is 7.77. The molecule has 1 atom stereocenters. The van der Waals surface area contributed by atoms with Crippen LogP contribution in [0, 0.1) is 13.8 Å². The molecular formula is C13H21NO2. The number of ether oxygens (including phenoxy) is 2. The summed E-state index contributed by atoms with van der Waals surface area (Å²) in [5.74, 6) is 0.876. The van der Waals surface area contributed by atoms with Crippen molar-refractivity contribution in [3.63, 3.8) is 0 Å². The molecule has 0 radical (unpaired) electrons. The third-order valence-corrected chi connectivity index (χ3v) is 2.58. The summed E-state index contributed by atoms with van der Waals surface area (Å²) in [7, 11) is 0. The lowest BCUT2D eigenvalue weighted by molar-refractivity contribution is 0.0337. The Morgan fingerprint density at radius 1 is 1.25 bits per heavy atom. The molecule has 1 rings (SSSR count). The number of hydrogen-bond donors (Lipinski definition) is 1. The molecule has 90 valence electrons. The van der Waals surface area contributed by atoms with Crippen LogP contribution in [0.1, 0.15) is 18.1 Å². The molecule has 0 aromatic heterocycles. The second-order valence-electron chi connectivity index (χ2n) is 3.87. The molecule has 0 heterocycles. The van der Waals surface area contributed by atoms with E-state index in [9.17, 15) is 0 Å². The topological polar surface area (TPSA) is 44.5 Å². The molecule has 0 bridgehead atoms. The Morgan fingerprint density at radius 3 is 2.56 bits per heavy atom. The van der Waals surface area contributed by atoms with Crippen molar-refractivity contribution < 1.29 is 9.47 Å². The fourth-order valence-electron chi connectivity index (χ4n) is 1.41. The van der Waals surface area contributed by atoms with E-state index in [2.05, 4.69) is 19.9 Å². The van der Waals surface area contributed by atoms with Crippen molar-refractivity contribution >= 4 is 0 Å². The Labute approximate surface area is 97.6 Å². The molecule has 3 nitrogen and oxygen atoms in total. The first kappa shape index (κ1) is 13.0. The van der Waals surface area contributed by atoms with Crippen molar-refractivity contribution in [2.45, 2.75) is 26.9 Å². The van der Waals surface area contributed by atoms with Crippen molar-refractivity contribution in [2.75, 3.05) is 19.8 Å². The highest BCUT2D eigenvalue weighted by molar-refractivity contribution is 5.33. The monoisotopic (exact) mass is 223 g/mol. The molecule has 16 heavy (non-hydrogen) atoms. The SMILES string of the molecule is CCOC(CN)COc1ccc(C)c(C)c1. The first-order valence-corrected chi connectivity index (χ1v) is 5.69. The average molecular weight is 223 g/mol. The lowest BCUT2D eigenvalue weighted by Gasteiger charge is -2.16. The van der Waals surface area contributed by atoms with Gasteiger partial charge < -0.3 is 15.2 Å². The van der Waals surface area contributed by atoms with E-state index in [4.69, 9.17) is 15.2 Å². The van der Waals surface area contributed by atoms with Crippen molar-refractivity contribution in [2.24, 2.45) is 5.73 Å². The Balaban J connectivity index is 2.50. The van der Waals surface area contributed by atoms with Gasteiger partial charge in [0.1, 0.15) is 18.5 Å². The summed E-state index contributed by atoms with van der Waals surface area (Å²) in [4.78, 5) is 0. The zero-order valence-electron chi connectivity index (χ0n) is 10.3. The van der Waals surface area contributed by atoms with Crippen molar-refractivity contribution in [3.05, 3.63) is 29.3 Å². The van der Waals surface area contributed by atoms with Crippen LogP contribution in [0.5, 0.6) is 5.75 Å². The van der Waals surface area contributed by atoms with E-state index in [0.29, 0.717) is 19.8 Å². The summed E-state index contributed by atoms with van der Waals surface area (Å²) in [5.41, 5.74) is 8.08. The number of rotatable bonds is 6. The zero-order chi connectivity index (χ0) is 12.0. The first-order valence-electron chi connectivity index (χ1n) is 5.69. The van der Waals surface area contributed by atoms with Gasteiger partial charge in [-0.3, -0.25) is 0 Å². The van der Waals surface area contributed by atoms with E-state index in [1.54, 1.807) is 0 Å². The summed E-state index contributed by atoms with van der Waals surface area (Å²) in [6.07, 6.45) is -0.0217. The normalized spacial score (nSPS) is 12.5. The zero-order valence-corrected chi connectivity index (χ0v) is 10.3. The summed E-state index contributed by atoms with van der Waals surface area (Å²) in [5, 5.41) is 0. The molecule has 1 aromatic rings. The summed E-state index contributed by atoms with van der Waals surface area (Å²) < 4.78 is 11.1. The highest BCUT2D eigenvalue weighted by atomic mass is 16.5. The highest BCUT2D eigenvalue weighted by Crippen LogP contribution is 2.16. The Kier molecular flexibility index (Phi) is 5.29. The van der Waals surface area contributed by atoms with Gasteiger partial charge in [0.25, 0.3) is 0 Å². The van der Waals surface area contributed by atoms with E-state index >= 15 is 0 Å². The fourth-order valence-corrected chi connectivity index (χ4v) is 1.41. The Bertz CT molecular complexity index is 326. The molecular weight excluding hydrogens is 202 g/mol. The molecule has 2 N–H and O–H groups in total. The lowest BCUT2D eigenvalue weighted by atomic mass is 10.1. The van der Waals surface area contributed by atoms with E-state index in [0.717, 1.165) is 5.75 Å². The maximum absolute atomic E-state index is 5.64. The maximum atomic E-state index is 5.64. The van der Waals surface area contributed by atoms with Gasteiger partial charge in [-0.05, 0) is 44.0 Å². The molecule has 0 aliphatic carbocycles. The second kappa shape index (κ2) is 6.51. The minimum atomic E-state index is -0.0217. The molecule has 0 amide bonds. The van der Waals surface area contributed by atoms with E-state index < -0.39 is 0 Å². The number of aryl methyl sites for hydroxylation is 2. The van der Waals surface area contributed by atoms with E-state index in [-0.39, 0.29) is 6.10 Å². The molecule has 1 unspecified atom stereocenters. The van der Waals surface area contributed by atoms with Crippen LogP contribution >= 0.6 is 0 Å². The van der Waals surface area contributed by atoms with Crippen LogP contribution in [-0.2, 0) is 4.74 Å². The third kappa shape index (κ3) is 3.83. The Hall–Kier alpha value is -1.06. The van der Waals surface area contributed by atoms with Gasteiger partial charge in [0, 0.05) is 13.2 Å². The van der Waals surface area contributed by atoms with Gasteiger partial charge in [-0.25, -0.2) is 0 Å². The van der Waals surface area contributed by atoms with Crippen molar-refractivity contribution in [1.82, 2.24) is 0 Å². The summed E-state index contributed by atoms with van der Waals surface area (Å²) >= 11 is 0. The van der Waals surface area contributed by atoms with Gasteiger partial charge >= 0.3 is 0 Å². The number of nitrogens with two attached hydrogens (primary N) is 1. The van der Waals surface area contributed by atoms with Crippen LogP contribution in [0.2, 0.25) is 0 Å². The van der Waals surface area contributed by atoms with Gasteiger partial charge in [-0.1, -0.05) is 6.07 Å². The van der Waals surface area contributed by atoms with Gasteiger partial charge in [-0.2, -0.15) is 0 Å². The fraction of sp³-hybridized carbons (Fsp3) is 0.538. The smallest absolute Gasteiger partial charge is 0.119 e. The second-order valence-corrected chi connectivity index (χ2v) is 3.87. The minimum Gasteiger partial charge on any atom is -0.491 e. The summed E-state index contributed by atoms with van der Waals surface area (Å²) in [6, 6.07) is 6.07. The molecule has 0 spiro atoms. The van der Waals surface area contributed by atoms with Gasteiger partial charge in [0.05, 0.1) is 0 Å². The number of hydrogen-bond acceptors (Lipinski definition) is 3. The quantitative estimate of drug-likeness (QED) is 0.802. The largest absolute Gasteiger partial charge is 0.491 e. The van der Waals surface area contributed by atoms with Crippen LogP contribution in [0.15, 0.2) is 18.2 Å². The molecule has 0 fully saturated rings. The molecule has 0 aliphatic heterocycles. The van der Waals surface area contributed by atoms with Crippen molar-refractivity contribution in [1.29, 1.82) is 0 Å².